The topological polar surface area (TPSA) is 108 Å². The highest BCUT2D eigenvalue weighted by Gasteiger charge is 2.39. The van der Waals surface area contributed by atoms with E-state index in [-0.39, 0.29) is 32.1 Å². The number of anilines is 2. The van der Waals surface area contributed by atoms with Crippen molar-refractivity contribution in [3.05, 3.63) is 67.8 Å². The molecule has 3 aliphatic rings. The van der Waals surface area contributed by atoms with Gasteiger partial charge in [0.05, 0.1) is 15.5 Å². The minimum Gasteiger partial charge on any atom is -0.384 e. The van der Waals surface area contributed by atoms with E-state index in [1.54, 1.807) is 24.3 Å². The third kappa shape index (κ3) is 4.94. The summed E-state index contributed by atoms with van der Waals surface area (Å²) in [6, 6.07) is 10.3. The quantitative estimate of drug-likeness (QED) is 0.513. The molecule has 0 atom stereocenters. The molecule has 10 heteroatoms. The average molecular weight is 483 g/mol. The lowest BCUT2D eigenvalue weighted by atomic mass is 9.87. The van der Waals surface area contributed by atoms with Crippen molar-refractivity contribution in [1.82, 2.24) is 9.91 Å². The molecule has 0 radical (unpaired) electrons. The van der Waals surface area contributed by atoms with Crippen LogP contribution in [0.15, 0.2) is 36.4 Å². The van der Waals surface area contributed by atoms with Gasteiger partial charge in [0.1, 0.15) is 0 Å². The summed E-state index contributed by atoms with van der Waals surface area (Å²) in [7, 11) is 2.13. The van der Waals surface area contributed by atoms with Gasteiger partial charge in [-0.05, 0) is 30.3 Å². The molecule has 10 nitrogen and oxygen atoms in total. The van der Waals surface area contributed by atoms with E-state index in [0.717, 1.165) is 56.2 Å². The first kappa shape index (κ1) is 24.9. The molecule has 2 aromatic rings. The maximum atomic E-state index is 11.1. The number of fused-ring (bicyclic) bond motifs is 2. The second-order valence-corrected chi connectivity index (χ2v) is 10.9. The lowest BCUT2D eigenvalue weighted by Crippen LogP contribution is -2.53. The highest BCUT2D eigenvalue weighted by molar-refractivity contribution is 5.65. The Morgan fingerprint density at radius 3 is 2.00 bits per heavy atom. The van der Waals surface area contributed by atoms with Crippen LogP contribution in [0.2, 0.25) is 0 Å². The fraction of sp³-hybridized carbons (Fsp3) is 0.520. The Kier molecular flexibility index (Phi) is 6.46. The summed E-state index contributed by atoms with van der Waals surface area (Å²) in [5, 5.41) is 29.4. The fourth-order valence-corrected chi connectivity index (χ4v) is 5.05. The van der Waals surface area contributed by atoms with E-state index in [0.29, 0.717) is 0 Å². The molecule has 35 heavy (non-hydrogen) atoms. The lowest BCUT2D eigenvalue weighted by molar-refractivity contribution is -0.385. The second-order valence-electron chi connectivity index (χ2n) is 10.9. The number of non-ortho nitro benzene ring substituents is 2. The molecule has 5 rings (SSSR count). The van der Waals surface area contributed by atoms with Crippen molar-refractivity contribution in [3.63, 3.8) is 0 Å². The van der Waals surface area contributed by atoms with E-state index in [4.69, 9.17) is 0 Å². The Morgan fingerprint density at radius 2 is 1.40 bits per heavy atom. The van der Waals surface area contributed by atoms with Crippen molar-refractivity contribution in [2.24, 2.45) is 0 Å². The van der Waals surface area contributed by atoms with Crippen molar-refractivity contribution in [2.75, 3.05) is 56.6 Å². The third-order valence-corrected chi connectivity index (χ3v) is 7.23. The van der Waals surface area contributed by atoms with Crippen LogP contribution in [0.25, 0.3) is 0 Å². The molecule has 1 fully saturated rings. The Hall–Kier alpha value is -3.24. The predicted octanol–water partition coefficient (Wildman–Crippen LogP) is 4.15. The van der Waals surface area contributed by atoms with Crippen molar-refractivity contribution in [3.8, 4) is 0 Å². The van der Waals surface area contributed by atoms with E-state index >= 15 is 0 Å². The molecule has 0 aromatic heterocycles. The Bertz CT molecular complexity index is 1140. The number of likely N-dealkylation sites (N-methyl/N-ethyl adjacent to an activating group) is 1. The first-order chi connectivity index (χ1) is 16.4. The molecule has 3 heterocycles. The van der Waals surface area contributed by atoms with Gasteiger partial charge in [-0.15, -0.1) is 0 Å². The minimum absolute atomic E-state index is 0.0216. The van der Waals surface area contributed by atoms with Crippen LogP contribution in [0.5, 0.6) is 0 Å². The van der Waals surface area contributed by atoms with Gasteiger partial charge >= 0.3 is 0 Å². The number of hydrogen-bond donors (Lipinski definition) is 1. The van der Waals surface area contributed by atoms with Gasteiger partial charge in [0.2, 0.25) is 0 Å². The first-order valence-corrected chi connectivity index (χ1v) is 11.9. The molecule has 0 bridgehead atoms. The molecule has 0 saturated carbocycles. The van der Waals surface area contributed by atoms with Crippen molar-refractivity contribution in [2.45, 2.75) is 38.5 Å². The molecular formula is C25H34N6O4. The van der Waals surface area contributed by atoms with Crippen molar-refractivity contribution < 1.29 is 9.85 Å². The van der Waals surface area contributed by atoms with Gasteiger partial charge in [0, 0.05) is 80.1 Å². The largest absolute Gasteiger partial charge is 0.384 e. The molecule has 0 spiro atoms. The zero-order chi connectivity index (χ0) is 25.5. The minimum atomic E-state index is -0.368. The average Bonchev–Trinajstić information content (AvgIpc) is 3.26. The summed E-state index contributed by atoms with van der Waals surface area (Å²) < 4.78 is 0. The van der Waals surface area contributed by atoms with Crippen LogP contribution in [0.4, 0.5) is 22.7 Å². The molecule has 0 aliphatic carbocycles. The van der Waals surface area contributed by atoms with Gasteiger partial charge < -0.3 is 15.2 Å². The summed E-state index contributed by atoms with van der Waals surface area (Å²) in [6.07, 6.45) is 0. The number of benzene rings is 2. The number of nitro groups is 2. The zero-order valence-corrected chi connectivity index (χ0v) is 21.1. The normalized spacial score (nSPS) is 20.3. The van der Waals surface area contributed by atoms with Gasteiger partial charge in [0.25, 0.3) is 11.4 Å². The van der Waals surface area contributed by atoms with Gasteiger partial charge in [-0.25, -0.2) is 5.01 Å². The van der Waals surface area contributed by atoms with Gasteiger partial charge in [-0.2, -0.15) is 0 Å². The lowest BCUT2D eigenvalue weighted by Gasteiger charge is -2.40. The highest BCUT2D eigenvalue weighted by Crippen LogP contribution is 2.43. The summed E-state index contributed by atoms with van der Waals surface area (Å²) in [5.74, 6) is 0. The number of piperazine rings is 1. The van der Waals surface area contributed by atoms with Crippen LogP contribution in [-0.4, -0.2) is 66.1 Å². The van der Waals surface area contributed by atoms with Crippen molar-refractivity contribution in [1.29, 1.82) is 0 Å². The summed E-state index contributed by atoms with van der Waals surface area (Å²) in [6.45, 7) is 14.4. The predicted molar refractivity (Wildman–Crippen MR) is 137 cm³/mol. The van der Waals surface area contributed by atoms with Crippen LogP contribution in [0.3, 0.4) is 0 Å². The number of hydrogen-bond acceptors (Lipinski definition) is 8. The second kappa shape index (κ2) is 9.09. The summed E-state index contributed by atoms with van der Waals surface area (Å²) >= 11 is 0. The molecule has 2 aromatic carbocycles. The number of rotatable bonds is 3. The van der Waals surface area contributed by atoms with E-state index in [9.17, 15) is 20.2 Å². The number of nitro benzene ring substituents is 2. The van der Waals surface area contributed by atoms with Gasteiger partial charge in [0.15, 0.2) is 0 Å². The first-order valence-electron chi connectivity index (χ1n) is 11.9. The summed E-state index contributed by atoms with van der Waals surface area (Å²) in [5.41, 5.74) is 4.66. The SMILES string of the molecule is CC1(C)CNc2cc([N+](=O)[O-])ccc21.CN1CCN(N2CC(C)(C)c3ccc([N+](=O)[O-])cc32)CC1. The monoisotopic (exact) mass is 482 g/mol. The van der Waals surface area contributed by atoms with E-state index < -0.39 is 0 Å². The smallest absolute Gasteiger partial charge is 0.271 e. The molecule has 1 saturated heterocycles. The van der Waals surface area contributed by atoms with Crippen LogP contribution < -0.4 is 10.3 Å². The van der Waals surface area contributed by atoms with Crippen LogP contribution in [0, 0.1) is 20.2 Å². The Morgan fingerprint density at radius 1 is 0.829 bits per heavy atom. The van der Waals surface area contributed by atoms with Gasteiger partial charge in [-0.3, -0.25) is 20.2 Å². The molecule has 3 aliphatic heterocycles. The zero-order valence-electron chi connectivity index (χ0n) is 21.1. The van der Waals surface area contributed by atoms with Gasteiger partial charge in [-0.1, -0.05) is 27.7 Å². The molecule has 1 N–H and O–H groups in total. The van der Waals surface area contributed by atoms with Crippen LogP contribution in [-0.2, 0) is 10.8 Å². The highest BCUT2D eigenvalue weighted by atomic mass is 16.6. The molecule has 0 unspecified atom stereocenters. The maximum absolute atomic E-state index is 11.1. The van der Waals surface area contributed by atoms with E-state index in [1.807, 2.05) is 12.1 Å². The third-order valence-electron chi connectivity index (χ3n) is 7.23. The van der Waals surface area contributed by atoms with E-state index in [2.05, 4.69) is 55.0 Å². The van der Waals surface area contributed by atoms with Crippen LogP contribution in [0.1, 0.15) is 38.8 Å². The number of nitrogens with zero attached hydrogens (tertiary/aromatic N) is 5. The number of nitrogens with one attached hydrogen (secondary N) is 1. The van der Waals surface area contributed by atoms with E-state index in [1.165, 1.54) is 5.56 Å². The summed E-state index contributed by atoms with van der Waals surface area (Å²) in [4.78, 5) is 23.2. The Labute approximate surface area is 205 Å². The molecular weight excluding hydrogens is 448 g/mol. The van der Waals surface area contributed by atoms with Crippen LogP contribution >= 0.6 is 0 Å². The molecule has 188 valence electrons. The standard InChI is InChI=1S/C15H22N4O2.C10H12N2O2/c1-15(2)11-18(17-8-6-16(3)7-9-17)14-10-12(19(20)21)4-5-13(14)15;1-10(2)6-11-9-5-7(12(13)14)3-4-8(9)10/h4-5,10H,6-9,11H2,1-3H3;3-5,11H,6H2,1-2H3. The molecule has 0 amide bonds. The fourth-order valence-electron chi connectivity index (χ4n) is 5.05. The Balaban J connectivity index is 0.000000179. The maximum Gasteiger partial charge on any atom is 0.271 e. The number of hydrazine groups is 1. The van der Waals surface area contributed by atoms with Crippen molar-refractivity contribution >= 4 is 22.7 Å².